The van der Waals surface area contributed by atoms with Crippen molar-refractivity contribution in [2.24, 2.45) is 0 Å². The molecule has 3 amide bonds. The normalized spacial score (nSPS) is 18.2. The van der Waals surface area contributed by atoms with E-state index >= 15 is 0 Å². The van der Waals surface area contributed by atoms with Gasteiger partial charge in [-0.05, 0) is 59.3 Å². The summed E-state index contributed by atoms with van der Waals surface area (Å²) in [6, 6.07) is 13.6. The topological polar surface area (TPSA) is 119 Å². The summed E-state index contributed by atoms with van der Waals surface area (Å²) in [5.41, 5.74) is 0.789. The molecule has 0 spiro atoms. The molecular formula is C21H16ClN7O3. The molecule has 0 saturated carbocycles. The molecule has 4 aromatic rings. The highest BCUT2D eigenvalue weighted by molar-refractivity contribution is 6.30. The molecule has 5 rings (SSSR count). The van der Waals surface area contributed by atoms with Crippen LogP contribution in [-0.4, -0.2) is 42.0 Å². The maximum absolute atomic E-state index is 13.3. The Labute approximate surface area is 186 Å². The van der Waals surface area contributed by atoms with E-state index in [2.05, 4.69) is 25.8 Å². The molecule has 10 nitrogen and oxygen atoms in total. The van der Waals surface area contributed by atoms with E-state index in [1.807, 2.05) is 0 Å². The van der Waals surface area contributed by atoms with E-state index in [1.54, 1.807) is 61.7 Å². The molecule has 1 fully saturated rings. The van der Waals surface area contributed by atoms with Crippen molar-refractivity contribution >= 4 is 23.5 Å². The Morgan fingerprint density at radius 3 is 2.72 bits per heavy atom. The molecule has 0 radical (unpaired) electrons. The summed E-state index contributed by atoms with van der Waals surface area (Å²) < 4.78 is 7.23. The number of imide groups is 1. The van der Waals surface area contributed by atoms with E-state index in [1.165, 1.54) is 11.0 Å². The van der Waals surface area contributed by atoms with E-state index in [0.717, 1.165) is 10.5 Å². The zero-order valence-corrected chi connectivity index (χ0v) is 17.5. The van der Waals surface area contributed by atoms with Crippen molar-refractivity contribution in [2.75, 3.05) is 0 Å². The Balaban J connectivity index is 1.39. The van der Waals surface area contributed by atoms with E-state index in [0.29, 0.717) is 22.0 Å². The minimum atomic E-state index is -1.26. The van der Waals surface area contributed by atoms with Gasteiger partial charge in [-0.2, -0.15) is 0 Å². The van der Waals surface area contributed by atoms with Gasteiger partial charge in [0.15, 0.2) is 5.76 Å². The predicted octanol–water partition coefficient (Wildman–Crippen LogP) is 2.94. The number of rotatable bonds is 5. The molecule has 160 valence electrons. The predicted molar refractivity (Wildman–Crippen MR) is 113 cm³/mol. The van der Waals surface area contributed by atoms with E-state index in [-0.39, 0.29) is 12.4 Å². The van der Waals surface area contributed by atoms with Crippen molar-refractivity contribution in [3.8, 4) is 17.0 Å². The van der Waals surface area contributed by atoms with Crippen molar-refractivity contribution < 1.29 is 14.0 Å². The molecule has 0 aliphatic carbocycles. The number of halogens is 1. The molecular weight excluding hydrogens is 434 g/mol. The van der Waals surface area contributed by atoms with Gasteiger partial charge >= 0.3 is 6.03 Å². The standard InChI is InChI=1S/C21H16ClN7O3/c1-21(14-3-2-4-16(9-14)29-12-24-26-27-29)19(30)28(20(31)25-21)11-18-23-10-17(32-18)13-5-7-15(22)8-6-13/h2-10,12H,11H2,1H3,(H,25,31). The van der Waals surface area contributed by atoms with Crippen LogP contribution < -0.4 is 5.32 Å². The molecule has 32 heavy (non-hydrogen) atoms. The van der Waals surface area contributed by atoms with E-state index in [4.69, 9.17) is 16.0 Å². The van der Waals surface area contributed by atoms with Gasteiger partial charge in [0.1, 0.15) is 18.4 Å². The number of aromatic nitrogens is 5. The van der Waals surface area contributed by atoms with Crippen molar-refractivity contribution in [3.05, 3.63) is 77.5 Å². The maximum Gasteiger partial charge on any atom is 0.325 e. The highest BCUT2D eigenvalue weighted by Gasteiger charge is 2.49. The van der Waals surface area contributed by atoms with Crippen molar-refractivity contribution in [2.45, 2.75) is 19.0 Å². The molecule has 2 aromatic heterocycles. The minimum Gasteiger partial charge on any atom is -0.439 e. The molecule has 2 aromatic carbocycles. The van der Waals surface area contributed by atoms with Gasteiger partial charge in [0, 0.05) is 10.6 Å². The molecule has 1 N–H and O–H groups in total. The van der Waals surface area contributed by atoms with Crippen molar-refractivity contribution in [3.63, 3.8) is 0 Å². The van der Waals surface area contributed by atoms with Crippen LogP contribution in [0.5, 0.6) is 0 Å². The third-order valence-electron chi connectivity index (χ3n) is 5.29. The lowest BCUT2D eigenvalue weighted by Crippen LogP contribution is -2.40. The molecule has 1 saturated heterocycles. The van der Waals surface area contributed by atoms with Gasteiger partial charge in [-0.3, -0.25) is 9.69 Å². The molecule has 1 atom stereocenters. The number of tetrazole rings is 1. The molecule has 3 heterocycles. The number of amides is 3. The number of carbonyl (C=O) groups excluding carboxylic acids is 2. The Morgan fingerprint density at radius 1 is 1.16 bits per heavy atom. The van der Waals surface area contributed by atoms with E-state index < -0.39 is 17.5 Å². The quantitative estimate of drug-likeness (QED) is 0.465. The van der Waals surface area contributed by atoms with Crippen LogP contribution >= 0.6 is 11.6 Å². The largest absolute Gasteiger partial charge is 0.439 e. The van der Waals surface area contributed by atoms with Crippen LogP contribution in [0.2, 0.25) is 5.02 Å². The first kappa shape index (κ1) is 19.9. The van der Waals surface area contributed by atoms with Crippen LogP contribution in [-0.2, 0) is 16.9 Å². The van der Waals surface area contributed by atoms with E-state index in [9.17, 15) is 9.59 Å². The van der Waals surface area contributed by atoms with Gasteiger partial charge in [0.2, 0.25) is 5.89 Å². The average Bonchev–Trinajstić information content (AvgIpc) is 3.53. The fourth-order valence-corrected chi connectivity index (χ4v) is 3.67. The lowest BCUT2D eigenvalue weighted by Gasteiger charge is -2.22. The summed E-state index contributed by atoms with van der Waals surface area (Å²) in [5, 5.41) is 14.5. The number of nitrogens with one attached hydrogen (secondary N) is 1. The first-order chi connectivity index (χ1) is 15.4. The minimum absolute atomic E-state index is 0.0967. The van der Waals surface area contributed by atoms with Gasteiger partial charge in [0.05, 0.1) is 11.9 Å². The number of benzene rings is 2. The van der Waals surface area contributed by atoms with Gasteiger partial charge in [-0.15, -0.1) is 5.10 Å². The maximum atomic E-state index is 13.3. The van der Waals surface area contributed by atoms with Gasteiger partial charge in [0.25, 0.3) is 5.91 Å². The monoisotopic (exact) mass is 449 g/mol. The number of hydrogen-bond donors (Lipinski definition) is 1. The van der Waals surface area contributed by atoms with Crippen LogP contribution in [0.25, 0.3) is 17.0 Å². The lowest BCUT2D eigenvalue weighted by atomic mass is 9.91. The highest BCUT2D eigenvalue weighted by Crippen LogP contribution is 2.31. The third-order valence-corrected chi connectivity index (χ3v) is 5.54. The van der Waals surface area contributed by atoms with Crippen LogP contribution in [0.15, 0.2) is 65.5 Å². The van der Waals surface area contributed by atoms with Crippen molar-refractivity contribution in [1.82, 2.24) is 35.4 Å². The fraction of sp³-hybridized carbons (Fsp3) is 0.143. The zero-order chi connectivity index (χ0) is 22.3. The SMILES string of the molecule is CC1(c2cccc(-n3cnnn3)c2)NC(=O)N(Cc2ncc(-c3ccc(Cl)cc3)o2)C1=O. The summed E-state index contributed by atoms with van der Waals surface area (Å²) in [5.74, 6) is 0.341. The first-order valence-electron chi connectivity index (χ1n) is 9.63. The number of carbonyl (C=O) groups is 2. The summed E-state index contributed by atoms with van der Waals surface area (Å²) in [6.45, 7) is 1.56. The first-order valence-corrected chi connectivity index (χ1v) is 10.0. The van der Waals surface area contributed by atoms with Crippen LogP contribution in [0.4, 0.5) is 4.79 Å². The Kier molecular flexibility index (Phi) is 4.71. The third kappa shape index (κ3) is 3.40. The second-order valence-electron chi connectivity index (χ2n) is 7.38. The Bertz CT molecular complexity index is 1300. The molecule has 11 heteroatoms. The Hall–Kier alpha value is -4.05. The van der Waals surface area contributed by atoms with Gasteiger partial charge in [-0.1, -0.05) is 23.7 Å². The number of nitrogens with zero attached hydrogens (tertiary/aromatic N) is 6. The number of urea groups is 1. The van der Waals surface area contributed by atoms with Gasteiger partial charge < -0.3 is 9.73 Å². The molecule has 1 aliphatic rings. The smallest absolute Gasteiger partial charge is 0.325 e. The highest BCUT2D eigenvalue weighted by atomic mass is 35.5. The van der Waals surface area contributed by atoms with Gasteiger partial charge in [-0.25, -0.2) is 14.5 Å². The molecule has 0 bridgehead atoms. The zero-order valence-electron chi connectivity index (χ0n) is 16.8. The molecule has 1 aliphatic heterocycles. The summed E-state index contributed by atoms with van der Waals surface area (Å²) >= 11 is 5.92. The Morgan fingerprint density at radius 2 is 1.97 bits per heavy atom. The van der Waals surface area contributed by atoms with Crippen molar-refractivity contribution in [1.29, 1.82) is 0 Å². The molecule has 1 unspecified atom stereocenters. The second-order valence-corrected chi connectivity index (χ2v) is 7.81. The lowest BCUT2D eigenvalue weighted by molar-refractivity contribution is -0.131. The van der Waals surface area contributed by atoms with Crippen LogP contribution in [0, 0.1) is 0 Å². The summed E-state index contributed by atoms with van der Waals surface area (Å²) in [6.07, 6.45) is 3.00. The summed E-state index contributed by atoms with van der Waals surface area (Å²) in [7, 11) is 0. The second kappa shape index (κ2) is 7.57. The summed E-state index contributed by atoms with van der Waals surface area (Å²) in [4.78, 5) is 31.2. The number of oxazole rings is 1. The average molecular weight is 450 g/mol. The van der Waals surface area contributed by atoms with Crippen LogP contribution in [0.1, 0.15) is 18.4 Å². The fourth-order valence-electron chi connectivity index (χ4n) is 3.54. The number of hydrogen-bond acceptors (Lipinski definition) is 7. The van der Waals surface area contributed by atoms with Crippen LogP contribution in [0.3, 0.4) is 0 Å².